The van der Waals surface area contributed by atoms with E-state index in [0.717, 1.165) is 72.0 Å². The van der Waals surface area contributed by atoms with Crippen LogP contribution in [0.4, 0.5) is 0 Å². The lowest BCUT2D eigenvalue weighted by Gasteiger charge is -2.38. The fraction of sp³-hybridized carbons (Fsp3) is 0.519. The second-order valence-electron chi connectivity index (χ2n) is 9.61. The van der Waals surface area contributed by atoms with Crippen molar-refractivity contribution in [3.8, 4) is 5.75 Å². The van der Waals surface area contributed by atoms with Crippen LogP contribution >= 0.6 is 11.8 Å². The highest BCUT2D eigenvalue weighted by Crippen LogP contribution is 2.35. The number of fused-ring (bicyclic) bond motifs is 1. The quantitative estimate of drug-likeness (QED) is 0.272. The molecule has 0 radical (unpaired) electrons. The van der Waals surface area contributed by atoms with Crippen molar-refractivity contribution >= 4 is 28.6 Å². The maximum absolute atomic E-state index is 11.6. The number of aliphatic hydroxyl groups is 1. The highest BCUT2D eigenvalue weighted by Gasteiger charge is 2.31. The molecule has 1 aliphatic rings. The van der Waals surface area contributed by atoms with Crippen molar-refractivity contribution in [3.05, 3.63) is 48.4 Å². The molecule has 1 fully saturated rings. The first-order valence-corrected chi connectivity index (χ1v) is 13.6. The van der Waals surface area contributed by atoms with Crippen LogP contribution < -0.4 is 4.74 Å². The van der Waals surface area contributed by atoms with Gasteiger partial charge in [-0.3, -0.25) is 9.78 Å². The van der Waals surface area contributed by atoms with Crippen LogP contribution in [0.25, 0.3) is 10.9 Å². The zero-order valence-corrected chi connectivity index (χ0v) is 21.9. The van der Waals surface area contributed by atoms with Crippen molar-refractivity contribution in [2.24, 2.45) is 18.9 Å². The summed E-state index contributed by atoms with van der Waals surface area (Å²) in [7, 11) is 3.63. The Hall–Kier alpha value is -2.62. The molecule has 0 bridgehead atoms. The molecule has 2 N–H and O–H groups in total. The first-order chi connectivity index (χ1) is 17.4. The molecular weight excluding hydrogens is 476 g/mol. The second-order valence-corrected chi connectivity index (χ2v) is 10.7. The van der Waals surface area contributed by atoms with Crippen LogP contribution in [0.5, 0.6) is 5.75 Å². The summed E-state index contributed by atoms with van der Waals surface area (Å²) in [5.74, 6) is 1.36. The lowest BCUT2D eigenvalue weighted by molar-refractivity contribution is -0.139. The number of imidazole rings is 1. The van der Waals surface area contributed by atoms with E-state index in [1.807, 2.05) is 48.3 Å². The molecule has 3 atom stereocenters. The SMILES string of the molecule is COc1ccc2nccc(C(O)CC[C@@H]3CCN(CCCSc4nccn4C)C[C@@H]3CC(=O)O)c2c1. The van der Waals surface area contributed by atoms with Gasteiger partial charge < -0.3 is 24.4 Å². The van der Waals surface area contributed by atoms with E-state index in [4.69, 9.17) is 4.74 Å². The molecule has 0 saturated carbocycles. The fourth-order valence-electron chi connectivity index (χ4n) is 5.23. The Morgan fingerprint density at radius 1 is 1.25 bits per heavy atom. The van der Waals surface area contributed by atoms with Crippen LogP contribution in [-0.2, 0) is 11.8 Å². The van der Waals surface area contributed by atoms with E-state index in [9.17, 15) is 15.0 Å². The molecule has 36 heavy (non-hydrogen) atoms. The van der Waals surface area contributed by atoms with Crippen molar-refractivity contribution in [2.45, 2.75) is 43.4 Å². The minimum absolute atomic E-state index is 0.0971. The number of aromatic nitrogens is 3. The van der Waals surface area contributed by atoms with Crippen molar-refractivity contribution in [3.63, 3.8) is 0 Å². The smallest absolute Gasteiger partial charge is 0.303 e. The number of ether oxygens (including phenoxy) is 1. The van der Waals surface area contributed by atoms with E-state index in [-0.39, 0.29) is 18.3 Å². The highest BCUT2D eigenvalue weighted by molar-refractivity contribution is 7.99. The molecule has 2 aromatic heterocycles. The maximum Gasteiger partial charge on any atom is 0.303 e. The predicted octanol–water partition coefficient (Wildman–Crippen LogP) is 4.39. The molecule has 1 aromatic carbocycles. The van der Waals surface area contributed by atoms with Crippen LogP contribution in [0.1, 0.15) is 43.8 Å². The Morgan fingerprint density at radius 2 is 2.11 bits per heavy atom. The number of piperidine rings is 1. The van der Waals surface area contributed by atoms with E-state index < -0.39 is 12.1 Å². The van der Waals surface area contributed by atoms with Gasteiger partial charge in [0.05, 0.1) is 18.7 Å². The summed E-state index contributed by atoms with van der Waals surface area (Å²) in [5, 5.41) is 22.5. The van der Waals surface area contributed by atoms with Gasteiger partial charge in [-0.25, -0.2) is 4.98 Å². The molecule has 3 heterocycles. The monoisotopic (exact) mass is 512 g/mol. The Morgan fingerprint density at radius 3 is 2.86 bits per heavy atom. The lowest BCUT2D eigenvalue weighted by Crippen LogP contribution is -2.42. The standard InChI is InChI=1S/C27H36N4O4S/c1-30-14-11-29-27(30)36-15-3-12-31-13-9-19(20(18-31)16-26(33)34)4-7-25(32)22-8-10-28-24-6-5-21(35-2)17-23(22)24/h5-6,8,10-11,14,17,19-20,25,32H,3-4,7,9,12-13,15-16,18H2,1-2H3,(H,33,34)/t19-,20+,25?/m1/s1. The summed E-state index contributed by atoms with van der Waals surface area (Å²) in [5.41, 5.74) is 1.67. The number of hydrogen-bond donors (Lipinski definition) is 2. The van der Waals surface area contributed by atoms with Gasteiger partial charge in [-0.05, 0) is 80.4 Å². The van der Waals surface area contributed by atoms with Gasteiger partial charge in [0, 0.05) is 49.7 Å². The number of aliphatic hydroxyl groups excluding tert-OH is 1. The van der Waals surface area contributed by atoms with Gasteiger partial charge in [0.25, 0.3) is 0 Å². The lowest BCUT2D eigenvalue weighted by atomic mass is 9.79. The van der Waals surface area contributed by atoms with Crippen LogP contribution in [0, 0.1) is 11.8 Å². The van der Waals surface area contributed by atoms with Gasteiger partial charge in [-0.1, -0.05) is 11.8 Å². The molecule has 0 spiro atoms. The van der Waals surface area contributed by atoms with Crippen molar-refractivity contribution < 1.29 is 19.7 Å². The molecule has 4 rings (SSSR count). The van der Waals surface area contributed by atoms with Gasteiger partial charge in [0.2, 0.25) is 0 Å². The molecule has 3 aromatic rings. The molecule has 1 aliphatic heterocycles. The van der Waals surface area contributed by atoms with Crippen LogP contribution in [0.3, 0.4) is 0 Å². The van der Waals surface area contributed by atoms with E-state index in [1.165, 1.54) is 0 Å². The number of nitrogens with zero attached hydrogens (tertiary/aromatic N) is 4. The summed E-state index contributed by atoms with van der Waals surface area (Å²) in [4.78, 5) is 22.8. The Balaban J connectivity index is 1.32. The number of aliphatic carboxylic acids is 1. The summed E-state index contributed by atoms with van der Waals surface area (Å²) in [6.07, 6.45) is 8.44. The largest absolute Gasteiger partial charge is 0.497 e. The van der Waals surface area contributed by atoms with Gasteiger partial charge in [0.1, 0.15) is 5.75 Å². The average molecular weight is 513 g/mol. The van der Waals surface area contributed by atoms with Crippen LogP contribution in [0.2, 0.25) is 0 Å². The summed E-state index contributed by atoms with van der Waals surface area (Å²) < 4.78 is 7.38. The second kappa shape index (κ2) is 12.6. The number of benzene rings is 1. The average Bonchev–Trinajstić information content (AvgIpc) is 3.29. The first kappa shape index (κ1) is 26.4. The number of pyridine rings is 1. The number of methoxy groups -OCH3 is 1. The number of likely N-dealkylation sites (tertiary alicyclic amines) is 1. The number of carboxylic acid groups (broad SMARTS) is 1. The van der Waals surface area contributed by atoms with E-state index in [0.29, 0.717) is 6.42 Å². The Kier molecular flexibility index (Phi) is 9.23. The number of carboxylic acids is 1. The summed E-state index contributed by atoms with van der Waals surface area (Å²) in [6.45, 7) is 2.74. The molecule has 0 amide bonds. The topological polar surface area (TPSA) is 101 Å². The number of carbonyl (C=O) groups is 1. The maximum atomic E-state index is 11.6. The number of thioether (sulfide) groups is 1. The van der Waals surface area contributed by atoms with Gasteiger partial charge in [-0.2, -0.15) is 0 Å². The normalized spacial score (nSPS) is 19.4. The molecule has 1 saturated heterocycles. The Labute approximate surface area is 216 Å². The third kappa shape index (κ3) is 6.78. The highest BCUT2D eigenvalue weighted by atomic mass is 32.2. The fourth-order valence-corrected chi connectivity index (χ4v) is 6.08. The molecule has 194 valence electrons. The van der Waals surface area contributed by atoms with E-state index in [1.54, 1.807) is 25.1 Å². The van der Waals surface area contributed by atoms with Gasteiger partial charge in [0.15, 0.2) is 5.16 Å². The third-order valence-corrected chi connectivity index (χ3v) is 8.34. The minimum atomic E-state index is -0.745. The van der Waals surface area contributed by atoms with Crippen LogP contribution in [-0.4, -0.2) is 68.1 Å². The zero-order valence-electron chi connectivity index (χ0n) is 21.0. The number of aryl methyl sites for hydroxylation is 1. The molecule has 8 nitrogen and oxygen atoms in total. The number of rotatable bonds is 12. The minimum Gasteiger partial charge on any atom is -0.497 e. The van der Waals surface area contributed by atoms with E-state index in [2.05, 4.69) is 14.9 Å². The van der Waals surface area contributed by atoms with Gasteiger partial charge in [-0.15, -0.1) is 0 Å². The van der Waals surface area contributed by atoms with E-state index >= 15 is 0 Å². The van der Waals surface area contributed by atoms with Crippen molar-refractivity contribution in [2.75, 3.05) is 32.5 Å². The Bertz CT molecular complexity index is 1150. The predicted molar refractivity (Wildman–Crippen MR) is 141 cm³/mol. The van der Waals surface area contributed by atoms with Crippen LogP contribution in [0.15, 0.2) is 48.0 Å². The summed E-state index contributed by atoms with van der Waals surface area (Å²) in [6, 6.07) is 7.55. The molecular formula is C27H36N4O4S. The molecule has 1 unspecified atom stereocenters. The first-order valence-electron chi connectivity index (χ1n) is 12.6. The number of hydrogen-bond acceptors (Lipinski definition) is 7. The van der Waals surface area contributed by atoms with Gasteiger partial charge >= 0.3 is 5.97 Å². The van der Waals surface area contributed by atoms with Crippen molar-refractivity contribution in [1.29, 1.82) is 0 Å². The third-order valence-electron chi connectivity index (χ3n) is 7.19. The molecule has 0 aliphatic carbocycles. The van der Waals surface area contributed by atoms with Crippen molar-refractivity contribution in [1.82, 2.24) is 19.4 Å². The zero-order chi connectivity index (χ0) is 25.5. The molecule has 9 heteroatoms. The summed E-state index contributed by atoms with van der Waals surface area (Å²) >= 11 is 1.76.